The van der Waals surface area contributed by atoms with Gasteiger partial charge in [0.25, 0.3) is 0 Å². The van der Waals surface area contributed by atoms with Crippen LogP contribution in [0.15, 0.2) is 30.0 Å². The van der Waals surface area contributed by atoms with Crippen molar-refractivity contribution in [3.05, 3.63) is 30.0 Å². The van der Waals surface area contributed by atoms with Crippen molar-refractivity contribution in [1.82, 2.24) is 0 Å². The highest BCUT2D eigenvalue weighted by atomic mass is 32.2. The van der Waals surface area contributed by atoms with E-state index in [0.29, 0.717) is 12.0 Å². The van der Waals surface area contributed by atoms with Gasteiger partial charge < -0.3 is 15.0 Å². The monoisotopic (exact) mass is 422 g/mol. The third kappa shape index (κ3) is 7.66. The maximum absolute atomic E-state index is 11.7. The van der Waals surface area contributed by atoms with Crippen molar-refractivity contribution in [1.29, 1.82) is 5.26 Å². The number of hydrogen-bond acceptors (Lipinski definition) is 7. The molecule has 1 N–H and O–H groups in total. The third-order valence-electron chi connectivity index (χ3n) is 4.49. The second-order valence-electron chi connectivity index (χ2n) is 6.47. The van der Waals surface area contributed by atoms with Gasteiger partial charge in [0, 0.05) is 27.2 Å². The van der Waals surface area contributed by atoms with E-state index < -0.39 is 10.0 Å². The van der Waals surface area contributed by atoms with Crippen molar-refractivity contribution in [3.8, 4) is 6.07 Å². The van der Waals surface area contributed by atoms with Gasteiger partial charge in [-0.25, -0.2) is 8.42 Å². The topological polar surface area (TPSA) is 103 Å². The predicted octanol–water partition coefficient (Wildman–Crippen LogP) is 2.74. The Balaban J connectivity index is 0.000000396. The number of carbonyl (C=O) groups excluding carboxylic acids is 1. The Hall–Kier alpha value is -2.73. The van der Waals surface area contributed by atoms with Gasteiger partial charge in [0.15, 0.2) is 12.0 Å². The van der Waals surface area contributed by atoms with Gasteiger partial charge in [-0.05, 0) is 50.5 Å². The van der Waals surface area contributed by atoms with E-state index in [2.05, 4.69) is 15.0 Å². The van der Waals surface area contributed by atoms with E-state index in [-0.39, 0.29) is 12.4 Å². The van der Waals surface area contributed by atoms with E-state index in [1.807, 2.05) is 25.2 Å². The number of allylic oxidation sites excluding steroid dienone is 2. The number of nitrogens with one attached hydrogen (secondary N) is 1. The standard InChI is InChI=1S/C14H23N3O2S.C6H7NO2/c1-15-13-8-7-12(16(2)20(3,18)19)11-14(13)17-9-5-4-6-10-17;1-2-6(5-7)9-4-3-8/h7-8,11,15H,4-6,9-10H2,1-3H3;2-3H,4H2,1H3/b;6-2-. The highest BCUT2D eigenvalue weighted by molar-refractivity contribution is 7.92. The van der Waals surface area contributed by atoms with Gasteiger partial charge in [-0.15, -0.1) is 0 Å². The fraction of sp³-hybridized carbons (Fsp3) is 0.500. The van der Waals surface area contributed by atoms with Crippen LogP contribution < -0.4 is 14.5 Å². The molecule has 1 aromatic rings. The van der Waals surface area contributed by atoms with Crippen molar-refractivity contribution in [2.45, 2.75) is 26.2 Å². The van der Waals surface area contributed by atoms with Gasteiger partial charge in [0.2, 0.25) is 10.0 Å². The number of nitrogens with zero attached hydrogens (tertiary/aromatic N) is 3. The summed E-state index contributed by atoms with van der Waals surface area (Å²) in [5, 5.41) is 11.4. The third-order valence-corrected chi connectivity index (χ3v) is 5.69. The molecule has 0 spiro atoms. The molecule has 1 fully saturated rings. The molecule has 0 radical (unpaired) electrons. The van der Waals surface area contributed by atoms with Crippen LogP contribution in [0.1, 0.15) is 26.2 Å². The van der Waals surface area contributed by atoms with Crippen LogP contribution in [-0.4, -0.2) is 54.8 Å². The molecule has 0 atom stereocenters. The molecule has 1 aliphatic heterocycles. The second-order valence-corrected chi connectivity index (χ2v) is 8.49. The molecule has 1 aliphatic rings. The molecule has 0 unspecified atom stereocenters. The molecular weight excluding hydrogens is 392 g/mol. The van der Waals surface area contributed by atoms with Crippen LogP contribution in [-0.2, 0) is 19.6 Å². The zero-order valence-corrected chi connectivity index (χ0v) is 18.3. The van der Waals surface area contributed by atoms with Gasteiger partial charge >= 0.3 is 0 Å². The minimum atomic E-state index is -3.23. The molecule has 8 nitrogen and oxygen atoms in total. The maximum atomic E-state index is 11.7. The van der Waals surface area contributed by atoms with Crippen LogP contribution in [0.3, 0.4) is 0 Å². The molecule has 0 saturated carbocycles. The zero-order chi connectivity index (χ0) is 21.9. The van der Waals surface area contributed by atoms with Gasteiger partial charge in [-0.2, -0.15) is 5.26 Å². The number of anilines is 3. The fourth-order valence-electron chi connectivity index (χ4n) is 2.82. The van der Waals surface area contributed by atoms with Crippen molar-refractivity contribution < 1.29 is 17.9 Å². The van der Waals surface area contributed by atoms with E-state index >= 15 is 0 Å². The van der Waals surface area contributed by atoms with Crippen molar-refractivity contribution >= 4 is 33.4 Å². The van der Waals surface area contributed by atoms with Crippen molar-refractivity contribution in [2.75, 3.05) is 54.6 Å². The number of rotatable bonds is 7. The average molecular weight is 423 g/mol. The smallest absolute Gasteiger partial charge is 0.231 e. The Morgan fingerprint density at radius 1 is 1.34 bits per heavy atom. The molecule has 0 bridgehead atoms. The summed E-state index contributed by atoms with van der Waals surface area (Å²) in [6.45, 7) is 3.68. The Labute approximate surface area is 173 Å². The lowest BCUT2D eigenvalue weighted by atomic mass is 10.1. The number of piperidine rings is 1. The number of sulfonamides is 1. The summed E-state index contributed by atoms with van der Waals surface area (Å²) in [5.74, 6) is 0.183. The van der Waals surface area contributed by atoms with Crippen LogP contribution in [0.4, 0.5) is 17.1 Å². The Morgan fingerprint density at radius 2 is 2.00 bits per heavy atom. The van der Waals surface area contributed by atoms with Crippen LogP contribution in [0.25, 0.3) is 0 Å². The highest BCUT2D eigenvalue weighted by Crippen LogP contribution is 2.32. The highest BCUT2D eigenvalue weighted by Gasteiger charge is 2.18. The first-order valence-corrected chi connectivity index (χ1v) is 11.3. The number of ether oxygens (including phenoxy) is 1. The SMILES string of the molecule is C/C=C(/C#N)OCC=O.CNc1ccc(N(C)S(C)(=O)=O)cc1N1CCCCC1. The lowest BCUT2D eigenvalue weighted by Crippen LogP contribution is -2.30. The van der Waals surface area contributed by atoms with E-state index in [9.17, 15) is 13.2 Å². The second kappa shape index (κ2) is 12.0. The lowest BCUT2D eigenvalue weighted by molar-refractivity contribution is -0.110. The normalized spacial score (nSPS) is 14.2. The number of aldehydes is 1. The summed E-state index contributed by atoms with van der Waals surface area (Å²) < 4.78 is 29.3. The molecule has 29 heavy (non-hydrogen) atoms. The number of carbonyl (C=O) groups is 1. The fourth-order valence-corrected chi connectivity index (χ4v) is 3.32. The summed E-state index contributed by atoms with van der Waals surface area (Å²) in [6.07, 6.45) is 6.98. The largest absolute Gasteiger partial charge is 0.476 e. The first kappa shape index (κ1) is 24.3. The van der Waals surface area contributed by atoms with Crippen LogP contribution >= 0.6 is 0 Å². The Bertz CT molecular complexity index is 841. The van der Waals surface area contributed by atoms with Crippen LogP contribution in [0.2, 0.25) is 0 Å². The van der Waals surface area contributed by atoms with Gasteiger partial charge in [-0.1, -0.05) is 0 Å². The summed E-state index contributed by atoms with van der Waals surface area (Å²) in [5.41, 5.74) is 2.82. The predicted molar refractivity (Wildman–Crippen MR) is 117 cm³/mol. The van der Waals surface area contributed by atoms with Crippen molar-refractivity contribution in [2.24, 2.45) is 0 Å². The summed E-state index contributed by atoms with van der Waals surface area (Å²) >= 11 is 0. The number of hydrogen-bond donors (Lipinski definition) is 1. The molecule has 160 valence electrons. The average Bonchev–Trinajstić information content (AvgIpc) is 2.74. The molecule has 0 amide bonds. The van der Waals surface area contributed by atoms with Gasteiger partial charge in [0.1, 0.15) is 12.7 Å². The summed E-state index contributed by atoms with van der Waals surface area (Å²) in [4.78, 5) is 12.0. The number of benzene rings is 1. The van der Waals surface area contributed by atoms with Crippen LogP contribution in [0, 0.1) is 11.3 Å². The molecular formula is C20H30N4O4S. The molecule has 1 heterocycles. The van der Waals surface area contributed by atoms with E-state index in [1.165, 1.54) is 35.9 Å². The Kier molecular flexibility index (Phi) is 10.0. The quantitative estimate of drug-likeness (QED) is 0.409. The first-order valence-electron chi connectivity index (χ1n) is 9.42. The van der Waals surface area contributed by atoms with E-state index in [0.717, 1.165) is 24.5 Å². The molecule has 0 aromatic heterocycles. The van der Waals surface area contributed by atoms with E-state index in [1.54, 1.807) is 20.0 Å². The summed E-state index contributed by atoms with van der Waals surface area (Å²) in [7, 11) is 0.250. The molecule has 1 saturated heterocycles. The molecule has 1 aromatic carbocycles. The minimum absolute atomic E-state index is 0.0484. The first-order chi connectivity index (χ1) is 13.8. The molecule has 0 aliphatic carbocycles. The van der Waals surface area contributed by atoms with Gasteiger partial charge in [-0.3, -0.25) is 9.10 Å². The maximum Gasteiger partial charge on any atom is 0.231 e. The number of nitriles is 1. The summed E-state index contributed by atoms with van der Waals surface area (Å²) in [6, 6.07) is 7.50. The molecule has 9 heteroatoms. The van der Waals surface area contributed by atoms with E-state index in [4.69, 9.17) is 5.26 Å². The van der Waals surface area contributed by atoms with Crippen LogP contribution in [0.5, 0.6) is 0 Å². The lowest BCUT2D eigenvalue weighted by Gasteiger charge is -2.31. The molecule has 2 rings (SSSR count). The zero-order valence-electron chi connectivity index (χ0n) is 17.5. The van der Waals surface area contributed by atoms with Gasteiger partial charge in [0.05, 0.1) is 23.3 Å². The van der Waals surface area contributed by atoms with Crippen molar-refractivity contribution in [3.63, 3.8) is 0 Å². The minimum Gasteiger partial charge on any atom is -0.476 e. The Morgan fingerprint density at radius 3 is 2.48 bits per heavy atom.